The van der Waals surface area contributed by atoms with Crippen LogP contribution in [-0.4, -0.2) is 4.98 Å². The minimum atomic E-state index is 1.05. The van der Waals surface area contributed by atoms with Crippen molar-refractivity contribution < 1.29 is 0 Å². The highest BCUT2D eigenvalue weighted by atomic mass is 14.7. The lowest BCUT2D eigenvalue weighted by atomic mass is 10.0. The van der Waals surface area contributed by atoms with Gasteiger partial charge < -0.3 is 0 Å². The lowest BCUT2D eigenvalue weighted by Crippen LogP contribution is -1.87. The van der Waals surface area contributed by atoms with Crippen molar-refractivity contribution in [2.45, 2.75) is 45.4 Å². The van der Waals surface area contributed by atoms with Crippen molar-refractivity contribution in [3.63, 3.8) is 0 Å². The molecule has 2 aromatic rings. The number of aromatic nitrogens is 1. The summed E-state index contributed by atoms with van der Waals surface area (Å²) < 4.78 is 0. The minimum Gasteiger partial charge on any atom is -0.256 e. The quantitative estimate of drug-likeness (QED) is 0.613. The fraction of sp³-hybridized carbons (Fsp3) is 0.389. The molecule has 0 saturated carbocycles. The molecule has 1 heterocycles. The third-order valence-electron chi connectivity index (χ3n) is 3.48. The molecule has 0 saturated heterocycles. The SMILES string of the molecule is CCCCCCCc1ccc(-c2ccccn2)cc1. The van der Waals surface area contributed by atoms with E-state index in [4.69, 9.17) is 0 Å². The van der Waals surface area contributed by atoms with Gasteiger partial charge >= 0.3 is 0 Å². The number of unbranched alkanes of at least 4 members (excludes halogenated alkanes) is 4. The summed E-state index contributed by atoms with van der Waals surface area (Å²) in [6.07, 6.45) is 9.78. The number of hydrogen-bond acceptors (Lipinski definition) is 1. The average Bonchev–Trinajstić information content (AvgIpc) is 2.49. The zero-order valence-corrected chi connectivity index (χ0v) is 11.8. The molecule has 0 spiro atoms. The molecule has 0 aliphatic heterocycles. The van der Waals surface area contributed by atoms with Gasteiger partial charge in [-0.2, -0.15) is 0 Å². The number of aryl methyl sites for hydroxylation is 1. The highest BCUT2D eigenvalue weighted by Gasteiger charge is 1.98. The van der Waals surface area contributed by atoms with Crippen molar-refractivity contribution in [2.75, 3.05) is 0 Å². The van der Waals surface area contributed by atoms with E-state index in [-0.39, 0.29) is 0 Å². The predicted octanol–water partition coefficient (Wildman–Crippen LogP) is 5.26. The predicted molar refractivity (Wildman–Crippen MR) is 82.1 cm³/mol. The second kappa shape index (κ2) is 7.73. The molecule has 19 heavy (non-hydrogen) atoms. The van der Waals surface area contributed by atoms with Crippen LogP contribution in [0.15, 0.2) is 48.7 Å². The van der Waals surface area contributed by atoms with Crippen LogP contribution >= 0.6 is 0 Å². The minimum absolute atomic E-state index is 1.05. The van der Waals surface area contributed by atoms with Gasteiger partial charge in [0.1, 0.15) is 0 Å². The molecule has 100 valence electrons. The Morgan fingerprint density at radius 1 is 0.842 bits per heavy atom. The summed E-state index contributed by atoms with van der Waals surface area (Å²) in [7, 11) is 0. The van der Waals surface area contributed by atoms with Gasteiger partial charge in [0.15, 0.2) is 0 Å². The summed E-state index contributed by atoms with van der Waals surface area (Å²) in [4.78, 5) is 4.37. The Morgan fingerprint density at radius 3 is 2.32 bits per heavy atom. The first kappa shape index (κ1) is 13.8. The Balaban J connectivity index is 1.85. The van der Waals surface area contributed by atoms with Gasteiger partial charge in [-0.3, -0.25) is 4.98 Å². The summed E-state index contributed by atoms with van der Waals surface area (Å²) in [5.41, 5.74) is 3.70. The molecule has 1 heteroatoms. The molecule has 0 bridgehead atoms. The van der Waals surface area contributed by atoms with E-state index in [0.29, 0.717) is 0 Å². The van der Waals surface area contributed by atoms with Gasteiger partial charge in [0.05, 0.1) is 5.69 Å². The van der Waals surface area contributed by atoms with E-state index in [0.717, 1.165) is 5.69 Å². The number of benzene rings is 1. The first-order valence-electron chi connectivity index (χ1n) is 7.40. The summed E-state index contributed by atoms with van der Waals surface area (Å²) in [6, 6.07) is 14.9. The molecular formula is C18H23N. The van der Waals surface area contributed by atoms with Crippen LogP contribution < -0.4 is 0 Å². The average molecular weight is 253 g/mol. The summed E-state index contributed by atoms with van der Waals surface area (Å²) in [5.74, 6) is 0. The van der Waals surface area contributed by atoms with Gasteiger partial charge in [0, 0.05) is 11.8 Å². The van der Waals surface area contributed by atoms with Gasteiger partial charge in [-0.25, -0.2) is 0 Å². The van der Waals surface area contributed by atoms with E-state index in [9.17, 15) is 0 Å². The molecule has 0 aliphatic carbocycles. The van der Waals surface area contributed by atoms with E-state index in [1.807, 2.05) is 18.3 Å². The zero-order chi connectivity index (χ0) is 13.3. The highest BCUT2D eigenvalue weighted by molar-refractivity contribution is 5.58. The molecule has 0 fully saturated rings. The topological polar surface area (TPSA) is 12.9 Å². The van der Waals surface area contributed by atoms with Crippen LogP contribution in [0.4, 0.5) is 0 Å². The number of pyridine rings is 1. The molecule has 0 radical (unpaired) electrons. The van der Waals surface area contributed by atoms with Gasteiger partial charge in [0.2, 0.25) is 0 Å². The molecule has 1 nitrogen and oxygen atoms in total. The van der Waals surface area contributed by atoms with Gasteiger partial charge in [0.25, 0.3) is 0 Å². The maximum absolute atomic E-state index is 4.37. The van der Waals surface area contributed by atoms with Gasteiger partial charge in [-0.1, -0.05) is 62.9 Å². The maximum Gasteiger partial charge on any atom is 0.0701 e. The lowest BCUT2D eigenvalue weighted by molar-refractivity contribution is 0.632. The number of rotatable bonds is 7. The van der Waals surface area contributed by atoms with Crippen LogP contribution in [0.5, 0.6) is 0 Å². The number of nitrogens with zero attached hydrogens (tertiary/aromatic N) is 1. The fourth-order valence-corrected chi connectivity index (χ4v) is 2.31. The van der Waals surface area contributed by atoms with Crippen LogP contribution in [0, 0.1) is 0 Å². The Morgan fingerprint density at radius 2 is 1.63 bits per heavy atom. The largest absolute Gasteiger partial charge is 0.256 e. The highest BCUT2D eigenvalue weighted by Crippen LogP contribution is 2.18. The second-order valence-corrected chi connectivity index (χ2v) is 5.08. The van der Waals surface area contributed by atoms with Crippen molar-refractivity contribution in [2.24, 2.45) is 0 Å². The Labute approximate surface area is 116 Å². The first-order chi connectivity index (χ1) is 9.40. The van der Waals surface area contributed by atoms with Crippen LogP contribution in [0.25, 0.3) is 11.3 Å². The Bertz CT molecular complexity index is 459. The van der Waals surface area contributed by atoms with Gasteiger partial charge in [-0.05, 0) is 30.5 Å². The van der Waals surface area contributed by atoms with Crippen molar-refractivity contribution in [1.82, 2.24) is 4.98 Å². The van der Waals surface area contributed by atoms with Gasteiger partial charge in [-0.15, -0.1) is 0 Å². The van der Waals surface area contributed by atoms with Crippen LogP contribution in [0.2, 0.25) is 0 Å². The molecule has 0 aliphatic rings. The van der Waals surface area contributed by atoms with E-state index in [1.54, 1.807) is 0 Å². The van der Waals surface area contributed by atoms with E-state index < -0.39 is 0 Å². The van der Waals surface area contributed by atoms with Crippen molar-refractivity contribution >= 4 is 0 Å². The smallest absolute Gasteiger partial charge is 0.0701 e. The summed E-state index contributed by atoms with van der Waals surface area (Å²) in [6.45, 7) is 2.26. The van der Waals surface area contributed by atoms with Crippen molar-refractivity contribution in [1.29, 1.82) is 0 Å². The number of hydrogen-bond donors (Lipinski definition) is 0. The second-order valence-electron chi connectivity index (χ2n) is 5.08. The standard InChI is InChI=1S/C18H23N/c1-2-3-4-5-6-9-16-11-13-17(14-12-16)18-10-7-8-15-19-18/h7-8,10-15H,2-6,9H2,1H3. The molecule has 1 aromatic heterocycles. The molecule has 0 N–H and O–H groups in total. The Kier molecular flexibility index (Phi) is 5.61. The Hall–Kier alpha value is -1.63. The van der Waals surface area contributed by atoms with Crippen molar-refractivity contribution in [3.05, 3.63) is 54.2 Å². The fourth-order valence-electron chi connectivity index (χ4n) is 2.31. The van der Waals surface area contributed by atoms with Crippen LogP contribution in [-0.2, 0) is 6.42 Å². The monoisotopic (exact) mass is 253 g/mol. The maximum atomic E-state index is 4.37. The van der Waals surface area contributed by atoms with E-state index >= 15 is 0 Å². The molecular weight excluding hydrogens is 230 g/mol. The third-order valence-corrected chi connectivity index (χ3v) is 3.48. The molecule has 0 amide bonds. The normalized spacial score (nSPS) is 10.6. The van der Waals surface area contributed by atoms with Crippen LogP contribution in [0.3, 0.4) is 0 Å². The molecule has 2 rings (SSSR count). The molecule has 0 unspecified atom stereocenters. The summed E-state index contributed by atoms with van der Waals surface area (Å²) >= 11 is 0. The lowest BCUT2D eigenvalue weighted by Gasteiger charge is -2.04. The van der Waals surface area contributed by atoms with E-state index in [1.165, 1.54) is 49.7 Å². The zero-order valence-electron chi connectivity index (χ0n) is 11.8. The molecule has 0 atom stereocenters. The van der Waals surface area contributed by atoms with E-state index in [2.05, 4.69) is 42.2 Å². The first-order valence-corrected chi connectivity index (χ1v) is 7.40. The third kappa shape index (κ3) is 4.51. The summed E-state index contributed by atoms with van der Waals surface area (Å²) in [5, 5.41) is 0. The van der Waals surface area contributed by atoms with Crippen LogP contribution in [0.1, 0.15) is 44.6 Å². The molecule has 1 aromatic carbocycles. The van der Waals surface area contributed by atoms with Crippen molar-refractivity contribution in [3.8, 4) is 11.3 Å².